The van der Waals surface area contributed by atoms with Crippen molar-refractivity contribution in [3.8, 4) is 17.4 Å². The van der Waals surface area contributed by atoms with E-state index in [0.29, 0.717) is 22.5 Å². The van der Waals surface area contributed by atoms with E-state index in [9.17, 15) is 0 Å². The summed E-state index contributed by atoms with van der Waals surface area (Å²) in [4.78, 5) is 17.2. The van der Waals surface area contributed by atoms with E-state index in [1.165, 1.54) is 11.5 Å². The van der Waals surface area contributed by atoms with Crippen molar-refractivity contribution in [3.63, 3.8) is 0 Å². The number of aryl methyl sites for hydroxylation is 1. The molecule has 0 aliphatic rings. The molecule has 23 heavy (non-hydrogen) atoms. The number of nitrogens with zero attached hydrogens (tertiary/aromatic N) is 5. The van der Waals surface area contributed by atoms with Gasteiger partial charge in [-0.1, -0.05) is 6.07 Å². The fraction of sp³-hybridized carbons (Fsp3) is 0.267. The first kappa shape index (κ1) is 15.3. The average Bonchev–Trinajstić information content (AvgIpc) is 2.98. The van der Waals surface area contributed by atoms with Crippen LogP contribution in [0, 0.1) is 6.92 Å². The normalized spacial score (nSPS) is 10.8. The van der Waals surface area contributed by atoms with Crippen LogP contribution in [0.5, 0.6) is 5.88 Å². The number of nitrogens with one attached hydrogen (secondary N) is 1. The molecular weight excluding hydrogens is 312 g/mol. The van der Waals surface area contributed by atoms with E-state index >= 15 is 0 Å². The maximum atomic E-state index is 5.47. The molecule has 0 saturated carbocycles. The molecule has 0 aliphatic heterocycles. The number of rotatable bonds is 5. The molecule has 7 nitrogen and oxygen atoms in total. The van der Waals surface area contributed by atoms with Crippen molar-refractivity contribution in [1.82, 2.24) is 24.3 Å². The van der Waals surface area contributed by atoms with E-state index in [1.807, 2.05) is 32.9 Å². The van der Waals surface area contributed by atoms with Gasteiger partial charge in [-0.05, 0) is 32.4 Å². The largest absolute Gasteiger partial charge is 0.474 e. The lowest BCUT2D eigenvalue weighted by atomic mass is 10.3. The van der Waals surface area contributed by atoms with Crippen LogP contribution in [0.2, 0.25) is 0 Å². The zero-order chi connectivity index (χ0) is 16.2. The van der Waals surface area contributed by atoms with Gasteiger partial charge in [0.2, 0.25) is 11.0 Å². The van der Waals surface area contributed by atoms with Crippen LogP contribution in [0.4, 0.5) is 10.9 Å². The van der Waals surface area contributed by atoms with Gasteiger partial charge in [0.25, 0.3) is 0 Å². The van der Waals surface area contributed by atoms with Crippen LogP contribution in [-0.4, -0.2) is 30.4 Å². The van der Waals surface area contributed by atoms with Crippen LogP contribution < -0.4 is 10.1 Å². The minimum absolute atomic E-state index is 0.0602. The standard InChI is InChI=1S/C15H16N6OS/c1-9(2)22-12-8-17-11(7-18-12)14-20-15(23-21-14)19-13-10(3)5-4-6-16-13/h4-9H,1-3H3,(H,16,19,20,21). The second-order valence-corrected chi connectivity index (χ2v) is 5.88. The molecule has 3 rings (SSSR count). The highest BCUT2D eigenvalue weighted by Gasteiger charge is 2.10. The lowest BCUT2D eigenvalue weighted by Crippen LogP contribution is -2.07. The van der Waals surface area contributed by atoms with Gasteiger partial charge in [-0.3, -0.25) is 0 Å². The summed E-state index contributed by atoms with van der Waals surface area (Å²) < 4.78 is 9.77. The van der Waals surface area contributed by atoms with Crippen LogP contribution in [0.3, 0.4) is 0 Å². The zero-order valence-corrected chi connectivity index (χ0v) is 13.8. The zero-order valence-electron chi connectivity index (χ0n) is 13.0. The SMILES string of the molecule is Cc1cccnc1Nc1nc(-c2cnc(OC(C)C)cn2)ns1. The van der Waals surface area contributed by atoms with E-state index in [2.05, 4.69) is 29.6 Å². The van der Waals surface area contributed by atoms with Gasteiger partial charge in [0, 0.05) is 17.7 Å². The highest BCUT2D eigenvalue weighted by molar-refractivity contribution is 7.09. The van der Waals surface area contributed by atoms with Crippen LogP contribution in [0.15, 0.2) is 30.7 Å². The molecule has 3 aromatic rings. The van der Waals surface area contributed by atoms with Gasteiger partial charge in [0.05, 0.1) is 18.5 Å². The number of pyridine rings is 1. The third-order valence-electron chi connectivity index (χ3n) is 2.87. The number of aromatic nitrogens is 5. The number of ether oxygens (including phenoxy) is 1. The third-order valence-corrected chi connectivity index (χ3v) is 3.51. The Hall–Kier alpha value is -2.61. The fourth-order valence-electron chi connectivity index (χ4n) is 1.83. The lowest BCUT2D eigenvalue weighted by molar-refractivity contribution is 0.231. The highest BCUT2D eigenvalue weighted by atomic mass is 32.1. The lowest BCUT2D eigenvalue weighted by Gasteiger charge is -2.07. The van der Waals surface area contributed by atoms with Crippen LogP contribution in [0.25, 0.3) is 11.5 Å². The molecule has 8 heteroatoms. The summed E-state index contributed by atoms with van der Waals surface area (Å²) in [7, 11) is 0. The first-order valence-corrected chi connectivity index (χ1v) is 7.90. The first-order valence-electron chi connectivity index (χ1n) is 7.13. The summed E-state index contributed by atoms with van der Waals surface area (Å²) in [5.74, 6) is 1.78. The average molecular weight is 328 g/mol. The Balaban J connectivity index is 1.75. The molecule has 3 aromatic heterocycles. The Kier molecular flexibility index (Phi) is 4.42. The molecule has 0 aliphatic carbocycles. The Morgan fingerprint density at radius 3 is 2.74 bits per heavy atom. The molecule has 118 valence electrons. The number of hydrogen-bond acceptors (Lipinski definition) is 8. The van der Waals surface area contributed by atoms with Crippen molar-refractivity contribution in [1.29, 1.82) is 0 Å². The predicted octanol–water partition coefficient (Wildman–Crippen LogP) is 3.23. The van der Waals surface area contributed by atoms with E-state index < -0.39 is 0 Å². The Morgan fingerprint density at radius 1 is 1.17 bits per heavy atom. The van der Waals surface area contributed by atoms with E-state index in [1.54, 1.807) is 18.6 Å². The Labute approximate surface area is 138 Å². The molecule has 0 atom stereocenters. The van der Waals surface area contributed by atoms with Gasteiger partial charge >= 0.3 is 0 Å². The predicted molar refractivity (Wildman–Crippen MR) is 89.0 cm³/mol. The summed E-state index contributed by atoms with van der Waals surface area (Å²) in [6.45, 7) is 5.86. The molecule has 0 bridgehead atoms. The van der Waals surface area contributed by atoms with Crippen molar-refractivity contribution in [2.45, 2.75) is 26.9 Å². The van der Waals surface area contributed by atoms with Crippen LogP contribution >= 0.6 is 11.5 Å². The smallest absolute Gasteiger partial charge is 0.232 e. The molecule has 0 spiro atoms. The monoisotopic (exact) mass is 328 g/mol. The molecular formula is C15H16N6OS. The van der Waals surface area contributed by atoms with Gasteiger partial charge in [-0.15, -0.1) is 0 Å². The fourth-order valence-corrected chi connectivity index (χ4v) is 2.41. The van der Waals surface area contributed by atoms with Crippen LogP contribution in [0.1, 0.15) is 19.4 Å². The minimum atomic E-state index is 0.0602. The van der Waals surface area contributed by atoms with Gasteiger partial charge in [-0.25, -0.2) is 15.0 Å². The molecule has 0 aromatic carbocycles. The molecule has 0 radical (unpaired) electrons. The molecule has 0 fully saturated rings. The van der Waals surface area contributed by atoms with Crippen molar-refractivity contribution in [2.24, 2.45) is 0 Å². The summed E-state index contributed by atoms with van der Waals surface area (Å²) >= 11 is 1.25. The van der Waals surface area contributed by atoms with Crippen LogP contribution in [-0.2, 0) is 0 Å². The quantitative estimate of drug-likeness (QED) is 0.769. The molecule has 0 saturated heterocycles. The summed E-state index contributed by atoms with van der Waals surface area (Å²) in [6.07, 6.45) is 4.97. The molecule has 0 unspecified atom stereocenters. The van der Waals surface area contributed by atoms with Gasteiger partial charge in [0.15, 0.2) is 5.82 Å². The molecule has 3 heterocycles. The summed E-state index contributed by atoms with van der Waals surface area (Å²) in [5, 5.41) is 3.82. The summed E-state index contributed by atoms with van der Waals surface area (Å²) in [5.41, 5.74) is 1.64. The van der Waals surface area contributed by atoms with Crippen molar-refractivity contribution < 1.29 is 4.74 Å². The molecule has 1 N–H and O–H groups in total. The number of hydrogen-bond donors (Lipinski definition) is 1. The first-order chi connectivity index (χ1) is 11.1. The van der Waals surface area contributed by atoms with E-state index in [-0.39, 0.29) is 6.10 Å². The van der Waals surface area contributed by atoms with Gasteiger partial charge < -0.3 is 10.1 Å². The Morgan fingerprint density at radius 2 is 2.04 bits per heavy atom. The van der Waals surface area contributed by atoms with Gasteiger partial charge in [0.1, 0.15) is 11.5 Å². The Bertz CT molecular complexity index is 787. The highest BCUT2D eigenvalue weighted by Crippen LogP contribution is 2.23. The van der Waals surface area contributed by atoms with E-state index in [4.69, 9.17) is 4.74 Å². The maximum Gasteiger partial charge on any atom is 0.232 e. The summed E-state index contributed by atoms with van der Waals surface area (Å²) in [6, 6.07) is 3.87. The molecule has 0 amide bonds. The van der Waals surface area contributed by atoms with Gasteiger partial charge in [-0.2, -0.15) is 9.36 Å². The third kappa shape index (κ3) is 3.78. The second kappa shape index (κ2) is 6.66. The van der Waals surface area contributed by atoms with Crippen molar-refractivity contribution in [2.75, 3.05) is 5.32 Å². The minimum Gasteiger partial charge on any atom is -0.474 e. The number of anilines is 2. The second-order valence-electron chi connectivity index (χ2n) is 5.12. The van der Waals surface area contributed by atoms with Crippen molar-refractivity contribution in [3.05, 3.63) is 36.3 Å². The maximum absolute atomic E-state index is 5.47. The van der Waals surface area contributed by atoms with Crippen molar-refractivity contribution >= 4 is 22.5 Å². The topological polar surface area (TPSA) is 85.7 Å². The van der Waals surface area contributed by atoms with E-state index in [0.717, 1.165) is 11.4 Å².